The van der Waals surface area contributed by atoms with Gasteiger partial charge in [0.1, 0.15) is 11.5 Å². The number of amides is 1. The van der Waals surface area contributed by atoms with Crippen LogP contribution in [-0.2, 0) is 0 Å². The quantitative estimate of drug-likeness (QED) is 0.901. The van der Waals surface area contributed by atoms with Crippen molar-refractivity contribution in [3.05, 3.63) is 59.2 Å². The van der Waals surface area contributed by atoms with E-state index in [2.05, 4.69) is 10.3 Å². The van der Waals surface area contributed by atoms with Gasteiger partial charge in [0.25, 0.3) is 5.91 Å². The van der Waals surface area contributed by atoms with Gasteiger partial charge in [0.05, 0.1) is 0 Å². The van der Waals surface area contributed by atoms with Crippen LogP contribution in [0, 0.1) is 12.7 Å². The Labute approximate surface area is 114 Å². The smallest absolute Gasteiger partial charge is 0.354 e. The standard InChI is InChI=1S/C14H11FN2O3/c1-8-6-9(15)2-3-11(8)13(18)17-10-4-5-16-12(7-10)14(19)20/h2-7H,1H3,(H,19,20)(H,16,17,18). The van der Waals surface area contributed by atoms with Crippen LogP contribution in [0.4, 0.5) is 10.1 Å². The van der Waals surface area contributed by atoms with Crippen molar-refractivity contribution in [1.29, 1.82) is 0 Å². The monoisotopic (exact) mass is 274 g/mol. The number of aromatic nitrogens is 1. The molecule has 2 rings (SSSR count). The van der Waals surface area contributed by atoms with Gasteiger partial charge in [0.15, 0.2) is 0 Å². The highest BCUT2D eigenvalue weighted by Gasteiger charge is 2.11. The number of hydrogen-bond acceptors (Lipinski definition) is 3. The molecule has 1 aromatic carbocycles. The van der Waals surface area contributed by atoms with E-state index in [4.69, 9.17) is 5.11 Å². The highest BCUT2D eigenvalue weighted by atomic mass is 19.1. The van der Waals surface area contributed by atoms with Crippen molar-refractivity contribution in [2.75, 3.05) is 5.32 Å². The van der Waals surface area contributed by atoms with E-state index >= 15 is 0 Å². The first-order chi connectivity index (χ1) is 9.47. The summed E-state index contributed by atoms with van der Waals surface area (Å²) < 4.78 is 13.0. The fourth-order valence-electron chi connectivity index (χ4n) is 1.71. The van der Waals surface area contributed by atoms with Crippen LogP contribution in [0.1, 0.15) is 26.4 Å². The van der Waals surface area contributed by atoms with Gasteiger partial charge in [-0.3, -0.25) is 4.79 Å². The molecule has 6 heteroatoms. The number of rotatable bonds is 3. The van der Waals surface area contributed by atoms with E-state index < -0.39 is 17.7 Å². The average Bonchev–Trinajstić information content (AvgIpc) is 2.38. The molecule has 1 heterocycles. The highest BCUT2D eigenvalue weighted by Crippen LogP contribution is 2.14. The van der Waals surface area contributed by atoms with Crippen molar-refractivity contribution in [3.8, 4) is 0 Å². The second-order valence-electron chi connectivity index (χ2n) is 4.15. The van der Waals surface area contributed by atoms with Gasteiger partial charge in [-0.1, -0.05) is 0 Å². The van der Waals surface area contributed by atoms with E-state index in [1.165, 1.54) is 36.5 Å². The van der Waals surface area contributed by atoms with E-state index in [1.54, 1.807) is 6.92 Å². The molecule has 0 atom stereocenters. The molecule has 102 valence electrons. The fraction of sp³-hybridized carbons (Fsp3) is 0.0714. The Kier molecular flexibility index (Phi) is 3.74. The number of carbonyl (C=O) groups is 2. The molecule has 1 amide bonds. The van der Waals surface area contributed by atoms with Crippen molar-refractivity contribution in [2.45, 2.75) is 6.92 Å². The summed E-state index contributed by atoms with van der Waals surface area (Å²) >= 11 is 0. The van der Waals surface area contributed by atoms with E-state index in [1.807, 2.05) is 0 Å². The molecule has 5 nitrogen and oxygen atoms in total. The normalized spacial score (nSPS) is 10.1. The Morgan fingerprint density at radius 3 is 2.65 bits per heavy atom. The number of anilines is 1. The van der Waals surface area contributed by atoms with Gasteiger partial charge in [-0.15, -0.1) is 0 Å². The Morgan fingerprint density at radius 2 is 2.00 bits per heavy atom. The third-order valence-corrected chi connectivity index (χ3v) is 2.67. The van der Waals surface area contributed by atoms with E-state index in [-0.39, 0.29) is 5.69 Å². The number of carboxylic acid groups (broad SMARTS) is 1. The van der Waals surface area contributed by atoms with E-state index in [0.717, 1.165) is 0 Å². The maximum Gasteiger partial charge on any atom is 0.354 e. The predicted molar refractivity (Wildman–Crippen MR) is 70.3 cm³/mol. The minimum Gasteiger partial charge on any atom is -0.477 e. The Morgan fingerprint density at radius 1 is 1.25 bits per heavy atom. The van der Waals surface area contributed by atoms with Gasteiger partial charge < -0.3 is 10.4 Å². The summed E-state index contributed by atoms with van der Waals surface area (Å²) in [4.78, 5) is 26.5. The van der Waals surface area contributed by atoms with Crippen LogP contribution in [-0.4, -0.2) is 22.0 Å². The number of carboxylic acids is 1. The van der Waals surface area contributed by atoms with Crippen molar-refractivity contribution in [3.63, 3.8) is 0 Å². The second kappa shape index (κ2) is 5.48. The molecular weight excluding hydrogens is 263 g/mol. The summed E-state index contributed by atoms with van der Waals surface area (Å²) in [6.07, 6.45) is 1.29. The van der Waals surface area contributed by atoms with Gasteiger partial charge >= 0.3 is 5.97 Å². The lowest BCUT2D eigenvalue weighted by molar-refractivity contribution is 0.0690. The zero-order valence-electron chi connectivity index (χ0n) is 10.6. The largest absolute Gasteiger partial charge is 0.477 e. The highest BCUT2D eigenvalue weighted by molar-refractivity contribution is 6.05. The molecule has 0 spiro atoms. The maximum atomic E-state index is 13.0. The summed E-state index contributed by atoms with van der Waals surface area (Å²) in [6, 6.07) is 6.54. The minimum atomic E-state index is -1.18. The number of aromatic carboxylic acids is 1. The van der Waals surface area contributed by atoms with E-state index in [0.29, 0.717) is 16.8 Å². The number of nitrogens with one attached hydrogen (secondary N) is 1. The third-order valence-electron chi connectivity index (χ3n) is 2.67. The number of halogens is 1. The summed E-state index contributed by atoms with van der Waals surface area (Å²) in [5.41, 5.74) is 0.958. The lowest BCUT2D eigenvalue weighted by atomic mass is 10.1. The number of nitrogens with zero attached hydrogens (tertiary/aromatic N) is 1. The van der Waals surface area contributed by atoms with Crippen molar-refractivity contribution < 1.29 is 19.1 Å². The molecule has 0 bridgehead atoms. The zero-order valence-corrected chi connectivity index (χ0v) is 10.6. The maximum absolute atomic E-state index is 13.0. The fourth-order valence-corrected chi connectivity index (χ4v) is 1.71. The lowest BCUT2D eigenvalue weighted by Gasteiger charge is -2.08. The number of pyridine rings is 1. The van der Waals surface area contributed by atoms with Gasteiger partial charge in [-0.2, -0.15) is 0 Å². The summed E-state index contributed by atoms with van der Waals surface area (Å²) in [5.74, 6) is -2.04. The van der Waals surface area contributed by atoms with Gasteiger partial charge in [-0.05, 0) is 42.8 Å². The molecular formula is C14H11FN2O3. The number of hydrogen-bond donors (Lipinski definition) is 2. The average molecular weight is 274 g/mol. The van der Waals surface area contributed by atoms with E-state index in [9.17, 15) is 14.0 Å². The van der Waals surface area contributed by atoms with Crippen LogP contribution in [0.25, 0.3) is 0 Å². The molecule has 0 saturated carbocycles. The summed E-state index contributed by atoms with van der Waals surface area (Å²) in [7, 11) is 0. The molecule has 0 saturated heterocycles. The van der Waals surface area contributed by atoms with Crippen LogP contribution in [0.3, 0.4) is 0 Å². The van der Waals surface area contributed by atoms with Gasteiger partial charge in [0, 0.05) is 17.4 Å². The van der Waals surface area contributed by atoms with Gasteiger partial charge in [-0.25, -0.2) is 14.2 Å². The lowest BCUT2D eigenvalue weighted by Crippen LogP contribution is -2.14. The van der Waals surface area contributed by atoms with Gasteiger partial charge in [0.2, 0.25) is 0 Å². The Bertz CT molecular complexity index is 686. The topological polar surface area (TPSA) is 79.3 Å². The molecule has 0 aliphatic rings. The first-order valence-electron chi connectivity index (χ1n) is 5.74. The zero-order chi connectivity index (χ0) is 14.7. The van der Waals surface area contributed by atoms with Crippen LogP contribution < -0.4 is 5.32 Å². The minimum absolute atomic E-state index is 0.168. The Balaban J connectivity index is 2.23. The molecule has 2 aromatic rings. The molecule has 0 radical (unpaired) electrons. The number of carbonyl (C=O) groups excluding carboxylic acids is 1. The van der Waals surface area contributed by atoms with Crippen LogP contribution in [0.15, 0.2) is 36.5 Å². The first kappa shape index (κ1) is 13.7. The molecule has 20 heavy (non-hydrogen) atoms. The Hall–Kier alpha value is -2.76. The SMILES string of the molecule is Cc1cc(F)ccc1C(=O)Nc1ccnc(C(=O)O)c1. The van der Waals surface area contributed by atoms with Crippen molar-refractivity contribution in [1.82, 2.24) is 4.98 Å². The predicted octanol–water partition coefficient (Wildman–Crippen LogP) is 2.48. The molecule has 2 N–H and O–H groups in total. The molecule has 0 fully saturated rings. The molecule has 0 aliphatic heterocycles. The molecule has 1 aromatic heterocycles. The van der Waals surface area contributed by atoms with Crippen LogP contribution >= 0.6 is 0 Å². The van der Waals surface area contributed by atoms with Crippen LogP contribution in [0.5, 0.6) is 0 Å². The van der Waals surface area contributed by atoms with Crippen molar-refractivity contribution >= 4 is 17.6 Å². The number of benzene rings is 1. The molecule has 0 unspecified atom stereocenters. The molecule has 0 aliphatic carbocycles. The summed E-state index contributed by atoms with van der Waals surface area (Å²) in [6.45, 7) is 1.62. The third kappa shape index (κ3) is 2.97. The van der Waals surface area contributed by atoms with Crippen molar-refractivity contribution in [2.24, 2.45) is 0 Å². The summed E-state index contributed by atoms with van der Waals surface area (Å²) in [5, 5.41) is 11.4. The second-order valence-corrected chi connectivity index (χ2v) is 4.15. The number of aryl methyl sites for hydroxylation is 1. The first-order valence-corrected chi connectivity index (χ1v) is 5.74. The van der Waals surface area contributed by atoms with Crippen LogP contribution in [0.2, 0.25) is 0 Å².